The monoisotopic (exact) mass is 416 g/mol. The first-order valence-electron chi connectivity index (χ1n) is 9.88. The lowest BCUT2D eigenvalue weighted by molar-refractivity contribution is -0.120. The number of nitrogens with one attached hydrogen (secondary N) is 1. The van der Waals surface area contributed by atoms with E-state index in [0.717, 1.165) is 29.0 Å². The molecule has 0 radical (unpaired) electrons. The van der Waals surface area contributed by atoms with Crippen LogP contribution in [0.4, 0.5) is 5.69 Å². The van der Waals surface area contributed by atoms with E-state index < -0.39 is 10.0 Å². The van der Waals surface area contributed by atoms with Gasteiger partial charge in [-0.25, -0.2) is 8.42 Å². The zero-order valence-corrected chi connectivity index (χ0v) is 18.8. The Morgan fingerprint density at radius 3 is 2.14 bits per heavy atom. The minimum atomic E-state index is -3.58. The zero-order valence-electron chi connectivity index (χ0n) is 18.0. The molecular weight excluding hydrogens is 384 g/mol. The molecule has 0 aliphatic rings. The van der Waals surface area contributed by atoms with Crippen molar-refractivity contribution in [2.24, 2.45) is 0 Å². The summed E-state index contributed by atoms with van der Waals surface area (Å²) in [5.74, 6) is -0.309. The summed E-state index contributed by atoms with van der Waals surface area (Å²) in [4.78, 5) is 12.5. The van der Waals surface area contributed by atoms with Crippen LogP contribution in [-0.4, -0.2) is 33.2 Å². The number of rotatable bonds is 8. The number of anilines is 1. The summed E-state index contributed by atoms with van der Waals surface area (Å²) in [6.45, 7) is 8.00. The van der Waals surface area contributed by atoms with Crippen LogP contribution in [0.1, 0.15) is 45.2 Å². The predicted octanol–water partition coefficient (Wildman–Crippen LogP) is 3.89. The molecular formula is C23H32N2O3S. The second kappa shape index (κ2) is 9.44. The van der Waals surface area contributed by atoms with Crippen molar-refractivity contribution in [1.82, 2.24) is 5.32 Å². The molecule has 0 spiro atoms. The molecule has 0 heterocycles. The second-order valence-electron chi connectivity index (χ2n) is 8.56. The van der Waals surface area contributed by atoms with Gasteiger partial charge in [0.1, 0.15) is 6.54 Å². The van der Waals surface area contributed by atoms with Gasteiger partial charge in [-0.3, -0.25) is 9.10 Å². The van der Waals surface area contributed by atoms with Gasteiger partial charge in [0.2, 0.25) is 15.9 Å². The normalized spacial score (nSPS) is 13.0. The van der Waals surface area contributed by atoms with Crippen molar-refractivity contribution < 1.29 is 13.2 Å². The number of amides is 1. The van der Waals surface area contributed by atoms with E-state index >= 15 is 0 Å². The van der Waals surface area contributed by atoms with Gasteiger partial charge in [-0.1, -0.05) is 63.2 Å². The van der Waals surface area contributed by atoms with Crippen LogP contribution in [0.2, 0.25) is 0 Å². The highest BCUT2D eigenvalue weighted by molar-refractivity contribution is 7.92. The van der Waals surface area contributed by atoms with E-state index in [2.05, 4.69) is 38.2 Å². The molecule has 5 nitrogen and oxygen atoms in total. The Balaban J connectivity index is 2.01. The molecule has 2 aromatic carbocycles. The molecule has 0 aromatic heterocycles. The quantitative estimate of drug-likeness (QED) is 0.710. The highest BCUT2D eigenvalue weighted by Gasteiger charge is 2.22. The lowest BCUT2D eigenvalue weighted by Gasteiger charge is -2.25. The molecule has 6 heteroatoms. The maximum Gasteiger partial charge on any atom is 0.240 e. The predicted molar refractivity (Wildman–Crippen MR) is 120 cm³/mol. The van der Waals surface area contributed by atoms with Crippen LogP contribution < -0.4 is 9.62 Å². The van der Waals surface area contributed by atoms with Crippen LogP contribution in [0.25, 0.3) is 0 Å². The molecule has 0 aliphatic carbocycles. The lowest BCUT2D eigenvalue weighted by atomic mass is 9.87. The third-order valence-electron chi connectivity index (χ3n) is 4.83. The highest BCUT2D eigenvalue weighted by Crippen LogP contribution is 2.25. The van der Waals surface area contributed by atoms with Gasteiger partial charge in [0.25, 0.3) is 0 Å². The van der Waals surface area contributed by atoms with Gasteiger partial charge in [0.15, 0.2) is 0 Å². The molecule has 1 N–H and O–H groups in total. The fourth-order valence-electron chi connectivity index (χ4n) is 3.08. The molecule has 2 aromatic rings. The SMILES string of the molecule is CC(CCc1ccccc1)NC(=O)CN(c1ccc(C(C)(C)C)cc1)S(C)(=O)=O. The molecule has 158 valence electrons. The average molecular weight is 417 g/mol. The van der Waals surface area contributed by atoms with Gasteiger partial charge in [-0.05, 0) is 48.4 Å². The van der Waals surface area contributed by atoms with Crippen LogP contribution in [0.3, 0.4) is 0 Å². The minimum absolute atomic E-state index is 0.0278. The summed E-state index contributed by atoms with van der Waals surface area (Å²) in [7, 11) is -3.58. The van der Waals surface area contributed by atoms with E-state index in [-0.39, 0.29) is 23.9 Å². The van der Waals surface area contributed by atoms with E-state index in [0.29, 0.717) is 5.69 Å². The molecule has 1 amide bonds. The van der Waals surface area contributed by atoms with Crippen LogP contribution in [-0.2, 0) is 26.7 Å². The Bertz CT molecular complexity index is 901. The molecule has 0 saturated carbocycles. The molecule has 0 fully saturated rings. The first-order chi connectivity index (χ1) is 13.5. The number of aryl methyl sites for hydroxylation is 1. The molecule has 1 atom stereocenters. The van der Waals surface area contributed by atoms with Gasteiger partial charge in [-0.2, -0.15) is 0 Å². The van der Waals surface area contributed by atoms with Gasteiger partial charge < -0.3 is 5.32 Å². The van der Waals surface area contributed by atoms with Crippen LogP contribution >= 0.6 is 0 Å². The van der Waals surface area contributed by atoms with Gasteiger partial charge in [0, 0.05) is 6.04 Å². The lowest BCUT2D eigenvalue weighted by Crippen LogP contribution is -2.43. The molecule has 0 bridgehead atoms. The minimum Gasteiger partial charge on any atom is -0.352 e. The van der Waals surface area contributed by atoms with Gasteiger partial charge in [-0.15, -0.1) is 0 Å². The number of carbonyl (C=O) groups excluding carboxylic acids is 1. The first kappa shape index (κ1) is 22.9. The molecule has 0 aliphatic heterocycles. The van der Waals surface area contributed by atoms with Crippen molar-refractivity contribution in [3.8, 4) is 0 Å². The van der Waals surface area contributed by atoms with Crippen LogP contribution in [0.15, 0.2) is 54.6 Å². The molecule has 1 unspecified atom stereocenters. The van der Waals surface area contributed by atoms with Crippen LogP contribution in [0.5, 0.6) is 0 Å². The number of hydrogen-bond donors (Lipinski definition) is 1. The van der Waals surface area contributed by atoms with E-state index in [4.69, 9.17) is 0 Å². The zero-order chi connectivity index (χ0) is 21.7. The van der Waals surface area contributed by atoms with E-state index in [9.17, 15) is 13.2 Å². The largest absolute Gasteiger partial charge is 0.352 e. The van der Waals surface area contributed by atoms with Crippen molar-refractivity contribution >= 4 is 21.6 Å². The summed E-state index contributed by atoms with van der Waals surface area (Å²) < 4.78 is 25.7. The maximum atomic E-state index is 12.5. The summed E-state index contributed by atoms with van der Waals surface area (Å²) in [5, 5.41) is 2.91. The number of hydrogen-bond acceptors (Lipinski definition) is 3. The number of carbonyl (C=O) groups is 1. The summed E-state index contributed by atoms with van der Waals surface area (Å²) in [5.41, 5.74) is 2.78. The third kappa shape index (κ3) is 7.20. The standard InChI is InChI=1S/C23H32N2O3S/c1-18(11-12-19-9-7-6-8-10-19)24-22(26)17-25(29(5,27)28)21-15-13-20(14-16-21)23(2,3)4/h6-10,13-16,18H,11-12,17H2,1-5H3,(H,24,26). The fraction of sp³-hybridized carbons (Fsp3) is 0.435. The fourth-order valence-corrected chi connectivity index (χ4v) is 3.94. The Kier molecular flexibility index (Phi) is 7.47. The average Bonchev–Trinajstić information content (AvgIpc) is 2.64. The Morgan fingerprint density at radius 1 is 1.03 bits per heavy atom. The van der Waals surface area contributed by atoms with Crippen molar-refractivity contribution in [2.75, 3.05) is 17.1 Å². The van der Waals surface area contributed by atoms with E-state index in [1.165, 1.54) is 5.56 Å². The third-order valence-corrected chi connectivity index (χ3v) is 5.97. The summed E-state index contributed by atoms with van der Waals surface area (Å²) in [6.07, 6.45) is 2.76. The van der Waals surface area contributed by atoms with E-state index in [1.807, 2.05) is 37.3 Å². The first-order valence-corrected chi connectivity index (χ1v) is 11.7. The molecule has 2 rings (SSSR count). The molecule has 29 heavy (non-hydrogen) atoms. The molecule has 0 saturated heterocycles. The number of sulfonamides is 1. The number of nitrogens with zero attached hydrogens (tertiary/aromatic N) is 1. The Morgan fingerprint density at radius 2 is 1.62 bits per heavy atom. The maximum absolute atomic E-state index is 12.5. The second-order valence-corrected chi connectivity index (χ2v) is 10.5. The Labute approximate surface area is 175 Å². The van der Waals surface area contributed by atoms with Crippen LogP contribution in [0, 0.1) is 0 Å². The Hall–Kier alpha value is -2.34. The highest BCUT2D eigenvalue weighted by atomic mass is 32.2. The smallest absolute Gasteiger partial charge is 0.240 e. The van der Waals surface area contributed by atoms with E-state index in [1.54, 1.807) is 12.1 Å². The van der Waals surface area contributed by atoms with Crippen molar-refractivity contribution in [1.29, 1.82) is 0 Å². The van der Waals surface area contributed by atoms with Crippen molar-refractivity contribution in [3.63, 3.8) is 0 Å². The van der Waals surface area contributed by atoms with Gasteiger partial charge >= 0.3 is 0 Å². The van der Waals surface area contributed by atoms with Crippen molar-refractivity contribution in [2.45, 2.75) is 52.0 Å². The number of benzene rings is 2. The van der Waals surface area contributed by atoms with Crippen molar-refractivity contribution in [3.05, 3.63) is 65.7 Å². The summed E-state index contributed by atoms with van der Waals surface area (Å²) >= 11 is 0. The summed E-state index contributed by atoms with van der Waals surface area (Å²) in [6, 6.07) is 17.4. The van der Waals surface area contributed by atoms with Gasteiger partial charge in [0.05, 0.1) is 11.9 Å². The topological polar surface area (TPSA) is 66.5 Å².